The molecule has 2 N–H and O–H groups in total. The van der Waals surface area contributed by atoms with Crippen LogP contribution in [0.2, 0.25) is 0 Å². The predicted molar refractivity (Wildman–Crippen MR) is 85.8 cm³/mol. The minimum Gasteiger partial charge on any atom is -0.332 e. The molecular weight excluding hydrogens is 304 g/mol. The van der Waals surface area contributed by atoms with E-state index in [9.17, 15) is 13.2 Å². The number of amides is 2. The molecule has 2 rings (SSSR count). The Balaban J connectivity index is 2.01. The maximum absolute atomic E-state index is 12.1. The van der Waals surface area contributed by atoms with Crippen molar-refractivity contribution >= 4 is 21.7 Å². The first-order chi connectivity index (χ1) is 10.1. The third kappa shape index (κ3) is 3.79. The minimum absolute atomic E-state index is 0.0201. The fourth-order valence-electron chi connectivity index (χ4n) is 2.70. The van der Waals surface area contributed by atoms with Crippen molar-refractivity contribution in [2.75, 3.05) is 16.8 Å². The maximum atomic E-state index is 12.1. The van der Waals surface area contributed by atoms with E-state index in [2.05, 4.69) is 29.6 Å². The zero-order valence-corrected chi connectivity index (χ0v) is 14.3. The van der Waals surface area contributed by atoms with Crippen LogP contribution in [0.3, 0.4) is 0 Å². The van der Waals surface area contributed by atoms with Gasteiger partial charge in [-0.2, -0.15) is 5.10 Å². The summed E-state index contributed by atoms with van der Waals surface area (Å²) in [4.78, 5) is 12.1. The minimum atomic E-state index is -3.05. The van der Waals surface area contributed by atoms with Crippen molar-refractivity contribution < 1.29 is 13.2 Å². The van der Waals surface area contributed by atoms with E-state index < -0.39 is 21.4 Å². The van der Waals surface area contributed by atoms with Crippen molar-refractivity contribution in [3.8, 4) is 0 Å². The number of hydrogen-bond donors (Lipinski definition) is 2. The van der Waals surface area contributed by atoms with E-state index in [0.717, 1.165) is 12.1 Å². The van der Waals surface area contributed by atoms with E-state index in [1.165, 1.54) is 0 Å². The quantitative estimate of drug-likeness (QED) is 0.882. The molecule has 0 bridgehead atoms. The molecule has 0 aliphatic carbocycles. The molecule has 1 saturated heterocycles. The molecule has 2 atom stereocenters. The van der Waals surface area contributed by atoms with Crippen molar-refractivity contribution in [3.05, 3.63) is 11.8 Å². The Kier molecular flexibility index (Phi) is 4.51. The number of nitrogens with one attached hydrogen (secondary N) is 2. The van der Waals surface area contributed by atoms with Crippen LogP contribution in [-0.4, -0.2) is 41.3 Å². The van der Waals surface area contributed by atoms with Gasteiger partial charge in [-0.05, 0) is 33.6 Å². The number of rotatable bonds is 4. The fourth-order valence-corrected chi connectivity index (χ4v) is 4.79. The highest BCUT2D eigenvalue weighted by Gasteiger charge is 2.39. The molecule has 1 aliphatic heterocycles. The van der Waals surface area contributed by atoms with Gasteiger partial charge in [-0.3, -0.25) is 10.00 Å². The molecular formula is C14H24N4O3S. The Bertz CT molecular complexity index is 668. The van der Waals surface area contributed by atoms with E-state index in [1.807, 2.05) is 11.6 Å². The van der Waals surface area contributed by atoms with Gasteiger partial charge in [0.05, 0.1) is 17.0 Å². The molecule has 7 nitrogen and oxygen atoms in total. The van der Waals surface area contributed by atoms with Crippen molar-refractivity contribution in [2.45, 2.75) is 52.1 Å². The van der Waals surface area contributed by atoms with Gasteiger partial charge in [0.25, 0.3) is 0 Å². The Labute approximate surface area is 131 Å². The summed E-state index contributed by atoms with van der Waals surface area (Å²) in [5.74, 6) is 0.569. The van der Waals surface area contributed by atoms with Crippen LogP contribution in [-0.2, 0) is 9.84 Å². The summed E-state index contributed by atoms with van der Waals surface area (Å²) in [5, 5.41) is 9.81. The van der Waals surface area contributed by atoms with Crippen LogP contribution >= 0.6 is 0 Å². The van der Waals surface area contributed by atoms with Crippen LogP contribution < -0.4 is 10.6 Å². The summed E-state index contributed by atoms with van der Waals surface area (Å²) in [5.41, 5.74) is 0.261. The number of aromatic nitrogens is 2. The number of aryl methyl sites for hydroxylation is 1. The fraction of sp³-hybridized carbons (Fsp3) is 0.714. The van der Waals surface area contributed by atoms with Crippen LogP contribution in [0, 0.1) is 6.92 Å². The average Bonchev–Trinajstić information content (AvgIpc) is 2.88. The van der Waals surface area contributed by atoms with Crippen LogP contribution in [0.5, 0.6) is 0 Å². The highest BCUT2D eigenvalue weighted by atomic mass is 32.2. The van der Waals surface area contributed by atoms with Gasteiger partial charge in [0.1, 0.15) is 0 Å². The smallest absolute Gasteiger partial charge is 0.320 e. The van der Waals surface area contributed by atoms with Crippen LogP contribution in [0.4, 0.5) is 10.6 Å². The number of carbonyl (C=O) groups is 1. The molecule has 1 aromatic rings. The van der Waals surface area contributed by atoms with Gasteiger partial charge in [0.2, 0.25) is 0 Å². The number of urea groups is 1. The molecule has 0 spiro atoms. The number of hydrogen-bond acceptors (Lipinski definition) is 4. The average molecular weight is 328 g/mol. The van der Waals surface area contributed by atoms with E-state index in [4.69, 9.17) is 0 Å². The van der Waals surface area contributed by atoms with Crippen LogP contribution in [0.15, 0.2) is 6.07 Å². The standard InChI is InChI=1S/C14H24N4O3S/c1-5-10(2)18-11(3)8-12(17-18)15-13(19)16-14(4)6-7-22(20,21)9-14/h8,10H,5-7,9H2,1-4H3,(H2,15,16,17,19). The molecule has 1 aliphatic rings. The van der Waals surface area contributed by atoms with Gasteiger partial charge in [-0.15, -0.1) is 0 Å². The largest absolute Gasteiger partial charge is 0.332 e. The molecule has 0 saturated carbocycles. The van der Waals surface area contributed by atoms with Crippen molar-refractivity contribution in [2.24, 2.45) is 0 Å². The molecule has 1 aromatic heterocycles. The summed E-state index contributed by atoms with van der Waals surface area (Å²) in [6.07, 6.45) is 1.38. The highest BCUT2D eigenvalue weighted by molar-refractivity contribution is 7.91. The second-order valence-electron chi connectivity index (χ2n) is 6.35. The van der Waals surface area contributed by atoms with Gasteiger partial charge in [0, 0.05) is 17.8 Å². The zero-order chi connectivity index (χ0) is 16.5. The first kappa shape index (κ1) is 16.8. The van der Waals surface area contributed by atoms with Crippen molar-refractivity contribution in [1.29, 1.82) is 0 Å². The Morgan fingerprint density at radius 1 is 1.55 bits per heavy atom. The van der Waals surface area contributed by atoms with Gasteiger partial charge in [-0.1, -0.05) is 6.92 Å². The summed E-state index contributed by atoms with van der Waals surface area (Å²) >= 11 is 0. The van der Waals surface area contributed by atoms with Crippen LogP contribution in [0.25, 0.3) is 0 Å². The summed E-state index contributed by atoms with van der Waals surface area (Å²) in [6, 6.07) is 1.64. The Morgan fingerprint density at radius 3 is 2.77 bits per heavy atom. The summed E-state index contributed by atoms with van der Waals surface area (Å²) in [7, 11) is -3.05. The third-order valence-corrected chi connectivity index (χ3v) is 5.99. The van der Waals surface area contributed by atoms with Crippen molar-refractivity contribution in [1.82, 2.24) is 15.1 Å². The topological polar surface area (TPSA) is 93.1 Å². The molecule has 1 fully saturated rings. The number of anilines is 1. The normalized spacial score (nSPS) is 24.9. The lowest BCUT2D eigenvalue weighted by Gasteiger charge is -2.23. The Hall–Kier alpha value is -1.57. The number of nitrogens with zero attached hydrogens (tertiary/aromatic N) is 2. The summed E-state index contributed by atoms with van der Waals surface area (Å²) in [6.45, 7) is 7.83. The molecule has 2 unspecified atom stereocenters. The molecule has 2 amide bonds. The summed E-state index contributed by atoms with van der Waals surface area (Å²) < 4.78 is 25.0. The second-order valence-corrected chi connectivity index (χ2v) is 8.54. The lowest BCUT2D eigenvalue weighted by Crippen LogP contribution is -2.48. The number of carbonyl (C=O) groups excluding carboxylic acids is 1. The van der Waals surface area contributed by atoms with Gasteiger partial charge in [-0.25, -0.2) is 13.2 Å². The van der Waals surface area contributed by atoms with Crippen LogP contribution in [0.1, 0.15) is 45.3 Å². The van der Waals surface area contributed by atoms with Gasteiger partial charge < -0.3 is 5.32 Å². The second kappa shape index (κ2) is 5.91. The Morgan fingerprint density at radius 2 is 2.23 bits per heavy atom. The molecule has 0 radical (unpaired) electrons. The van der Waals surface area contributed by atoms with E-state index >= 15 is 0 Å². The highest BCUT2D eigenvalue weighted by Crippen LogP contribution is 2.23. The van der Waals surface area contributed by atoms with Crippen molar-refractivity contribution in [3.63, 3.8) is 0 Å². The predicted octanol–water partition coefficient (Wildman–Crippen LogP) is 1.86. The molecule has 2 heterocycles. The number of sulfone groups is 1. The third-order valence-electron chi connectivity index (χ3n) is 4.09. The molecule has 0 aromatic carbocycles. The van der Waals surface area contributed by atoms with E-state index in [0.29, 0.717) is 12.2 Å². The monoisotopic (exact) mass is 328 g/mol. The lowest BCUT2D eigenvalue weighted by atomic mass is 10.0. The van der Waals surface area contributed by atoms with Gasteiger partial charge >= 0.3 is 6.03 Å². The SMILES string of the molecule is CCC(C)n1nc(NC(=O)NC2(C)CCS(=O)(=O)C2)cc1C. The zero-order valence-electron chi connectivity index (χ0n) is 13.5. The first-order valence-corrected chi connectivity index (χ1v) is 9.32. The van der Waals surface area contributed by atoms with E-state index in [-0.39, 0.29) is 17.5 Å². The van der Waals surface area contributed by atoms with Gasteiger partial charge in [0.15, 0.2) is 15.7 Å². The molecule has 124 valence electrons. The van der Waals surface area contributed by atoms with E-state index in [1.54, 1.807) is 13.0 Å². The molecule has 8 heteroatoms. The first-order valence-electron chi connectivity index (χ1n) is 7.50. The molecule has 22 heavy (non-hydrogen) atoms. The lowest BCUT2D eigenvalue weighted by molar-refractivity contribution is 0.242. The maximum Gasteiger partial charge on any atom is 0.320 e.